The fourth-order valence-corrected chi connectivity index (χ4v) is 1.19. The van der Waals surface area contributed by atoms with Gasteiger partial charge in [0, 0.05) is 19.3 Å². The van der Waals surface area contributed by atoms with Crippen LogP contribution in [-0.4, -0.2) is 38.5 Å². The topological polar surface area (TPSA) is 32.7 Å². The first-order chi connectivity index (χ1) is 7.24. The summed E-state index contributed by atoms with van der Waals surface area (Å²) in [5, 5.41) is 8.50. The van der Waals surface area contributed by atoms with E-state index >= 15 is 0 Å². The van der Waals surface area contributed by atoms with E-state index < -0.39 is 0 Å². The number of aliphatic hydroxyl groups is 1. The minimum Gasteiger partial charge on any atom is -0.394 e. The van der Waals surface area contributed by atoms with Gasteiger partial charge in [0.25, 0.3) is 0 Å². The van der Waals surface area contributed by atoms with Crippen molar-refractivity contribution in [2.45, 2.75) is 0 Å². The van der Waals surface area contributed by atoms with Crippen LogP contribution < -0.4 is 4.90 Å². The van der Waals surface area contributed by atoms with Crippen LogP contribution in [0.4, 0.5) is 10.1 Å². The van der Waals surface area contributed by atoms with Gasteiger partial charge in [-0.3, -0.25) is 0 Å². The van der Waals surface area contributed by atoms with Gasteiger partial charge in [-0.2, -0.15) is 0 Å². The number of anilines is 1. The zero-order valence-electron chi connectivity index (χ0n) is 8.82. The van der Waals surface area contributed by atoms with Crippen molar-refractivity contribution in [3.05, 3.63) is 30.1 Å². The van der Waals surface area contributed by atoms with Crippen molar-refractivity contribution in [3.8, 4) is 0 Å². The average molecular weight is 213 g/mol. The van der Waals surface area contributed by atoms with E-state index in [9.17, 15) is 4.39 Å². The van der Waals surface area contributed by atoms with E-state index in [1.165, 1.54) is 12.1 Å². The molecular formula is C11H16FNO2. The van der Waals surface area contributed by atoms with E-state index in [1.807, 2.05) is 11.9 Å². The maximum absolute atomic E-state index is 12.6. The number of nitrogens with zero attached hydrogens (tertiary/aromatic N) is 1. The largest absolute Gasteiger partial charge is 0.394 e. The van der Waals surface area contributed by atoms with Crippen LogP contribution in [0.15, 0.2) is 24.3 Å². The molecule has 1 aromatic rings. The SMILES string of the molecule is CN(CCOCCO)c1ccc(F)cc1. The number of ether oxygens (including phenoxy) is 1. The number of aliphatic hydroxyl groups excluding tert-OH is 1. The summed E-state index contributed by atoms with van der Waals surface area (Å²) in [7, 11) is 1.91. The zero-order chi connectivity index (χ0) is 11.1. The lowest BCUT2D eigenvalue weighted by molar-refractivity contribution is 0.0971. The maximum Gasteiger partial charge on any atom is 0.123 e. The first kappa shape index (κ1) is 11.9. The molecule has 1 rings (SSSR count). The van der Waals surface area contributed by atoms with Crippen molar-refractivity contribution in [1.29, 1.82) is 0 Å². The van der Waals surface area contributed by atoms with E-state index in [2.05, 4.69) is 0 Å². The van der Waals surface area contributed by atoms with E-state index in [0.29, 0.717) is 19.8 Å². The third-order valence-electron chi connectivity index (χ3n) is 2.07. The highest BCUT2D eigenvalue weighted by Gasteiger charge is 2.00. The highest BCUT2D eigenvalue weighted by atomic mass is 19.1. The van der Waals surface area contributed by atoms with Crippen molar-refractivity contribution < 1.29 is 14.2 Å². The summed E-state index contributed by atoms with van der Waals surface area (Å²) in [5.41, 5.74) is 0.948. The molecule has 1 aromatic carbocycles. The number of hydrogen-bond donors (Lipinski definition) is 1. The van der Waals surface area contributed by atoms with Crippen molar-refractivity contribution in [2.24, 2.45) is 0 Å². The van der Waals surface area contributed by atoms with Crippen LogP contribution in [0.3, 0.4) is 0 Å². The van der Waals surface area contributed by atoms with Gasteiger partial charge in [0.2, 0.25) is 0 Å². The summed E-state index contributed by atoms with van der Waals surface area (Å²) < 4.78 is 17.8. The standard InChI is InChI=1S/C11H16FNO2/c1-13(6-8-15-9-7-14)11-4-2-10(12)3-5-11/h2-5,14H,6-9H2,1H3. The predicted octanol–water partition coefficient (Wildman–Crippen LogP) is 1.27. The molecule has 0 heterocycles. The molecule has 0 saturated carbocycles. The van der Waals surface area contributed by atoms with Crippen LogP contribution in [0.5, 0.6) is 0 Å². The molecule has 0 radical (unpaired) electrons. The lowest BCUT2D eigenvalue weighted by Crippen LogP contribution is -2.23. The van der Waals surface area contributed by atoms with Gasteiger partial charge < -0.3 is 14.7 Å². The molecule has 0 atom stereocenters. The molecule has 84 valence electrons. The Bertz CT molecular complexity index is 276. The number of halogens is 1. The Morgan fingerprint density at radius 2 is 1.93 bits per heavy atom. The molecule has 0 spiro atoms. The van der Waals surface area contributed by atoms with Gasteiger partial charge in [0.1, 0.15) is 5.82 Å². The third kappa shape index (κ3) is 4.27. The molecule has 0 aromatic heterocycles. The second-order valence-electron chi connectivity index (χ2n) is 3.23. The van der Waals surface area contributed by atoms with Gasteiger partial charge in [-0.15, -0.1) is 0 Å². The molecule has 4 heteroatoms. The van der Waals surface area contributed by atoms with Gasteiger partial charge in [0.15, 0.2) is 0 Å². The molecule has 0 aliphatic rings. The van der Waals surface area contributed by atoms with E-state index in [4.69, 9.17) is 9.84 Å². The fourth-order valence-electron chi connectivity index (χ4n) is 1.19. The summed E-state index contributed by atoms with van der Waals surface area (Å²) in [6.45, 7) is 1.66. The normalized spacial score (nSPS) is 10.3. The van der Waals surface area contributed by atoms with Crippen LogP contribution in [0.25, 0.3) is 0 Å². The first-order valence-electron chi connectivity index (χ1n) is 4.89. The summed E-state index contributed by atoms with van der Waals surface area (Å²) in [6.07, 6.45) is 0. The molecule has 0 saturated heterocycles. The van der Waals surface area contributed by atoms with Crippen LogP contribution in [-0.2, 0) is 4.74 Å². The molecule has 0 unspecified atom stereocenters. The Morgan fingerprint density at radius 3 is 2.53 bits per heavy atom. The zero-order valence-corrected chi connectivity index (χ0v) is 8.82. The molecule has 15 heavy (non-hydrogen) atoms. The summed E-state index contributed by atoms with van der Waals surface area (Å²) in [5.74, 6) is -0.233. The second-order valence-corrected chi connectivity index (χ2v) is 3.23. The average Bonchev–Trinajstić information content (AvgIpc) is 2.25. The molecule has 0 aliphatic carbocycles. The Balaban J connectivity index is 2.33. The van der Waals surface area contributed by atoms with Gasteiger partial charge in [-0.25, -0.2) is 4.39 Å². The van der Waals surface area contributed by atoms with E-state index in [0.717, 1.165) is 5.69 Å². The number of rotatable bonds is 6. The number of benzene rings is 1. The molecule has 0 bridgehead atoms. The monoisotopic (exact) mass is 213 g/mol. The minimum absolute atomic E-state index is 0.0419. The van der Waals surface area contributed by atoms with Crippen molar-refractivity contribution >= 4 is 5.69 Å². The highest BCUT2D eigenvalue weighted by molar-refractivity contribution is 5.45. The molecule has 0 fully saturated rings. The molecule has 3 nitrogen and oxygen atoms in total. The van der Waals surface area contributed by atoms with Gasteiger partial charge in [-0.05, 0) is 24.3 Å². The van der Waals surface area contributed by atoms with Gasteiger partial charge in [-0.1, -0.05) is 0 Å². The minimum atomic E-state index is -0.233. The molecule has 0 aliphatic heterocycles. The second kappa shape index (κ2) is 6.37. The van der Waals surface area contributed by atoms with Crippen LogP contribution >= 0.6 is 0 Å². The Morgan fingerprint density at radius 1 is 1.27 bits per heavy atom. The molecule has 1 N–H and O–H groups in total. The first-order valence-corrected chi connectivity index (χ1v) is 4.89. The van der Waals surface area contributed by atoms with Crippen LogP contribution in [0.1, 0.15) is 0 Å². The van der Waals surface area contributed by atoms with Crippen molar-refractivity contribution in [2.75, 3.05) is 38.3 Å². The predicted molar refractivity (Wildman–Crippen MR) is 57.6 cm³/mol. The summed E-state index contributed by atoms with van der Waals surface area (Å²) in [4.78, 5) is 1.97. The Kier molecular flexibility index (Phi) is 5.07. The summed E-state index contributed by atoms with van der Waals surface area (Å²) >= 11 is 0. The smallest absolute Gasteiger partial charge is 0.123 e. The van der Waals surface area contributed by atoms with Crippen molar-refractivity contribution in [3.63, 3.8) is 0 Å². The quantitative estimate of drug-likeness (QED) is 0.722. The van der Waals surface area contributed by atoms with E-state index in [1.54, 1.807) is 12.1 Å². The third-order valence-corrected chi connectivity index (χ3v) is 2.07. The number of hydrogen-bond acceptors (Lipinski definition) is 3. The highest BCUT2D eigenvalue weighted by Crippen LogP contribution is 2.12. The van der Waals surface area contributed by atoms with Gasteiger partial charge >= 0.3 is 0 Å². The van der Waals surface area contributed by atoms with Gasteiger partial charge in [0.05, 0.1) is 19.8 Å². The number of likely N-dealkylation sites (N-methyl/N-ethyl adjacent to an activating group) is 1. The maximum atomic E-state index is 12.6. The van der Waals surface area contributed by atoms with Crippen LogP contribution in [0, 0.1) is 5.82 Å². The summed E-state index contributed by atoms with van der Waals surface area (Å²) in [6, 6.07) is 6.31. The Labute approximate surface area is 89.1 Å². The van der Waals surface area contributed by atoms with E-state index in [-0.39, 0.29) is 12.4 Å². The molecular weight excluding hydrogens is 197 g/mol. The van der Waals surface area contributed by atoms with Crippen LogP contribution in [0.2, 0.25) is 0 Å². The molecule has 0 amide bonds. The van der Waals surface area contributed by atoms with Crippen molar-refractivity contribution in [1.82, 2.24) is 0 Å². The fraction of sp³-hybridized carbons (Fsp3) is 0.455. The lowest BCUT2D eigenvalue weighted by atomic mass is 10.3. The Hall–Kier alpha value is -1.13. The lowest BCUT2D eigenvalue weighted by Gasteiger charge is -2.18.